The Morgan fingerprint density at radius 1 is 1.19 bits per heavy atom. The number of aromatic nitrogens is 2. The summed E-state index contributed by atoms with van der Waals surface area (Å²) >= 11 is 0. The summed E-state index contributed by atoms with van der Waals surface area (Å²) in [5.41, 5.74) is 1.63. The van der Waals surface area contributed by atoms with Crippen LogP contribution in [-0.2, 0) is 11.2 Å². The zero-order valence-corrected chi connectivity index (χ0v) is 18.0. The zero-order valence-electron chi connectivity index (χ0n) is 18.0. The molecule has 0 saturated carbocycles. The van der Waals surface area contributed by atoms with Crippen LogP contribution in [0.1, 0.15) is 36.7 Å². The van der Waals surface area contributed by atoms with Crippen LogP contribution in [0.2, 0.25) is 0 Å². The lowest BCUT2D eigenvalue weighted by molar-refractivity contribution is -0.129. The van der Waals surface area contributed by atoms with Gasteiger partial charge in [-0.2, -0.15) is 4.98 Å². The van der Waals surface area contributed by atoms with E-state index in [1.165, 1.54) is 6.07 Å². The highest BCUT2D eigenvalue weighted by Gasteiger charge is 2.24. The van der Waals surface area contributed by atoms with Crippen LogP contribution in [0.3, 0.4) is 0 Å². The second-order valence-electron chi connectivity index (χ2n) is 7.46. The molecule has 31 heavy (non-hydrogen) atoms. The molecule has 0 N–H and O–H groups in total. The van der Waals surface area contributed by atoms with Crippen molar-refractivity contribution in [1.29, 1.82) is 0 Å². The molecule has 1 unspecified atom stereocenters. The van der Waals surface area contributed by atoms with Crippen LogP contribution >= 0.6 is 0 Å². The minimum atomic E-state index is -0.893. The van der Waals surface area contributed by atoms with Gasteiger partial charge in [0.05, 0.1) is 13.0 Å². The zero-order chi connectivity index (χ0) is 22.5. The molecule has 1 aromatic heterocycles. The van der Waals surface area contributed by atoms with Crippen molar-refractivity contribution < 1.29 is 22.8 Å². The van der Waals surface area contributed by atoms with Gasteiger partial charge in [-0.1, -0.05) is 41.9 Å². The molecular formula is C23H25F2N3O3. The van der Waals surface area contributed by atoms with Crippen molar-refractivity contribution >= 4 is 5.91 Å². The van der Waals surface area contributed by atoms with Crippen LogP contribution in [0.25, 0.3) is 11.5 Å². The Morgan fingerprint density at radius 3 is 2.58 bits per heavy atom. The predicted molar refractivity (Wildman–Crippen MR) is 112 cm³/mol. The molecule has 2 aromatic carbocycles. The van der Waals surface area contributed by atoms with Crippen LogP contribution in [0.15, 0.2) is 40.9 Å². The molecule has 0 fully saturated rings. The molecule has 1 amide bonds. The number of benzene rings is 2. The molecule has 3 rings (SSSR count). The Kier molecular flexibility index (Phi) is 6.99. The minimum Gasteiger partial charge on any atom is -0.491 e. The van der Waals surface area contributed by atoms with E-state index < -0.39 is 17.2 Å². The highest BCUT2D eigenvalue weighted by Crippen LogP contribution is 2.31. The van der Waals surface area contributed by atoms with Crippen LogP contribution in [0.5, 0.6) is 5.75 Å². The number of halogens is 2. The minimum absolute atomic E-state index is 0.0547. The van der Waals surface area contributed by atoms with Crippen molar-refractivity contribution in [2.45, 2.75) is 33.1 Å². The molecule has 0 aliphatic heterocycles. The first-order valence-corrected chi connectivity index (χ1v) is 10.0. The molecule has 164 valence electrons. The van der Waals surface area contributed by atoms with Gasteiger partial charge in [0.25, 0.3) is 5.89 Å². The topological polar surface area (TPSA) is 68.5 Å². The molecule has 0 bridgehead atoms. The normalized spacial score (nSPS) is 11.9. The van der Waals surface area contributed by atoms with Crippen molar-refractivity contribution in [3.8, 4) is 17.2 Å². The molecule has 0 radical (unpaired) electrons. The number of hydrogen-bond donors (Lipinski definition) is 0. The average molecular weight is 429 g/mol. The smallest absolute Gasteiger partial charge is 0.264 e. The number of carbonyl (C=O) groups excluding carboxylic acids is 1. The lowest BCUT2D eigenvalue weighted by atomic mass is 10.1. The molecular weight excluding hydrogens is 404 g/mol. The van der Waals surface area contributed by atoms with E-state index in [0.29, 0.717) is 6.54 Å². The van der Waals surface area contributed by atoms with Gasteiger partial charge in [0.15, 0.2) is 17.4 Å². The fourth-order valence-electron chi connectivity index (χ4n) is 3.14. The standard InChI is InChI=1S/C23H25F2N3O3/c1-5-30-18-11-10-17(24)20(21(18)25)23-26-22(27-31-23)15(3)13-28(4)19(29)12-16-8-6-14(2)7-9-16/h6-11,15H,5,12-13H2,1-4H3. The van der Waals surface area contributed by atoms with Gasteiger partial charge in [-0.15, -0.1) is 0 Å². The first-order chi connectivity index (χ1) is 14.8. The molecule has 0 saturated heterocycles. The molecule has 3 aromatic rings. The van der Waals surface area contributed by atoms with Gasteiger partial charge in [-0.3, -0.25) is 4.79 Å². The van der Waals surface area contributed by atoms with Crippen molar-refractivity contribution in [1.82, 2.24) is 15.0 Å². The van der Waals surface area contributed by atoms with Gasteiger partial charge < -0.3 is 14.2 Å². The van der Waals surface area contributed by atoms with Crippen LogP contribution in [0.4, 0.5) is 8.78 Å². The van der Waals surface area contributed by atoms with Gasteiger partial charge in [-0.05, 0) is 31.5 Å². The van der Waals surface area contributed by atoms with E-state index >= 15 is 0 Å². The van der Waals surface area contributed by atoms with E-state index in [0.717, 1.165) is 17.2 Å². The van der Waals surface area contributed by atoms with Crippen LogP contribution < -0.4 is 4.74 Å². The third-order valence-electron chi connectivity index (χ3n) is 4.90. The SMILES string of the molecule is CCOc1ccc(F)c(-c2nc(C(C)CN(C)C(=O)Cc3ccc(C)cc3)no2)c1F. The summed E-state index contributed by atoms with van der Waals surface area (Å²) in [5, 5.41) is 3.86. The first kappa shape index (κ1) is 22.4. The summed E-state index contributed by atoms with van der Waals surface area (Å²) in [7, 11) is 1.69. The van der Waals surface area contributed by atoms with Crippen molar-refractivity contribution in [2.75, 3.05) is 20.2 Å². The van der Waals surface area contributed by atoms with Crippen molar-refractivity contribution in [2.24, 2.45) is 0 Å². The Labute approximate surface area is 179 Å². The van der Waals surface area contributed by atoms with E-state index in [1.54, 1.807) is 18.9 Å². The Balaban J connectivity index is 1.70. The molecule has 6 nitrogen and oxygen atoms in total. The molecule has 1 heterocycles. The highest BCUT2D eigenvalue weighted by molar-refractivity contribution is 5.78. The lowest BCUT2D eigenvalue weighted by Crippen LogP contribution is -2.31. The second-order valence-corrected chi connectivity index (χ2v) is 7.46. The van der Waals surface area contributed by atoms with E-state index in [-0.39, 0.29) is 42.3 Å². The Bertz CT molecular complexity index is 1050. The lowest BCUT2D eigenvalue weighted by Gasteiger charge is -2.20. The third-order valence-corrected chi connectivity index (χ3v) is 4.90. The van der Waals surface area contributed by atoms with Crippen LogP contribution in [-0.4, -0.2) is 41.1 Å². The quantitative estimate of drug-likeness (QED) is 0.526. The Hall–Kier alpha value is -3.29. The summed E-state index contributed by atoms with van der Waals surface area (Å²) in [6.07, 6.45) is 0.279. The maximum absolute atomic E-state index is 14.6. The first-order valence-electron chi connectivity index (χ1n) is 10.0. The fraction of sp³-hybridized carbons (Fsp3) is 0.348. The van der Waals surface area contributed by atoms with Crippen molar-refractivity contribution in [3.05, 3.63) is 65.0 Å². The number of hydrogen-bond acceptors (Lipinski definition) is 5. The third kappa shape index (κ3) is 5.25. The van der Waals surface area contributed by atoms with Gasteiger partial charge in [-0.25, -0.2) is 8.78 Å². The maximum Gasteiger partial charge on any atom is 0.264 e. The number of likely N-dealkylation sites (N-methyl/N-ethyl adjacent to an activating group) is 1. The van der Waals surface area contributed by atoms with Gasteiger partial charge in [0.1, 0.15) is 11.4 Å². The summed E-state index contributed by atoms with van der Waals surface area (Å²) in [6, 6.07) is 10.1. The predicted octanol–water partition coefficient (Wildman–Crippen LogP) is 4.53. The summed E-state index contributed by atoms with van der Waals surface area (Å²) in [5.74, 6) is -2.18. The molecule has 1 atom stereocenters. The van der Waals surface area contributed by atoms with Gasteiger partial charge in [0.2, 0.25) is 5.91 Å². The van der Waals surface area contributed by atoms with E-state index in [9.17, 15) is 13.6 Å². The number of aryl methyl sites for hydroxylation is 1. The largest absolute Gasteiger partial charge is 0.491 e. The average Bonchev–Trinajstić information content (AvgIpc) is 3.22. The molecule has 8 heteroatoms. The number of rotatable bonds is 8. The highest BCUT2D eigenvalue weighted by atomic mass is 19.1. The molecule has 0 aliphatic rings. The fourth-order valence-corrected chi connectivity index (χ4v) is 3.14. The summed E-state index contributed by atoms with van der Waals surface area (Å²) in [4.78, 5) is 18.3. The molecule has 0 spiro atoms. The monoisotopic (exact) mass is 429 g/mol. The van der Waals surface area contributed by atoms with E-state index in [1.807, 2.05) is 38.1 Å². The Morgan fingerprint density at radius 2 is 1.90 bits per heavy atom. The van der Waals surface area contributed by atoms with Gasteiger partial charge in [0, 0.05) is 19.5 Å². The second kappa shape index (κ2) is 9.68. The number of carbonyl (C=O) groups is 1. The number of ether oxygens (including phenoxy) is 1. The van der Waals surface area contributed by atoms with E-state index in [2.05, 4.69) is 10.1 Å². The number of nitrogens with zero attached hydrogens (tertiary/aromatic N) is 3. The maximum atomic E-state index is 14.6. The number of amides is 1. The van der Waals surface area contributed by atoms with Crippen molar-refractivity contribution in [3.63, 3.8) is 0 Å². The van der Waals surface area contributed by atoms with Gasteiger partial charge >= 0.3 is 0 Å². The summed E-state index contributed by atoms with van der Waals surface area (Å²) in [6.45, 7) is 6.06. The van der Waals surface area contributed by atoms with Crippen LogP contribution in [0, 0.1) is 18.6 Å². The summed E-state index contributed by atoms with van der Waals surface area (Å²) < 4.78 is 39.1. The molecule has 0 aliphatic carbocycles. The van der Waals surface area contributed by atoms with E-state index in [4.69, 9.17) is 9.26 Å².